The number of halogens is 3. The Labute approximate surface area is 123 Å². The van der Waals surface area contributed by atoms with Gasteiger partial charge in [0.15, 0.2) is 11.6 Å². The highest BCUT2D eigenvalue weighted by Gasteiger charge is 2.28. The van der Waals surface area contributed by atoms with E-state index in [1.807, 2.05) is 18.4 Å². The number of benzene rings is 1. The van der Waals surface area contributed by atoms with Crippen LogP contribution in [0, 0.1) is 30.6 Å². The predicted octanol–water partition coefficient (Wildman–Crippen LogP) is 3.87. The maximum Gasteiger partial charge on any atom is 0.237 e. The van der Waals surface area contributed by atoms with Crippen LogP contribution in [0.4, 0.5) is 13.2 Å². The van der Waals surface area contributed by atoms with Gasteiger partial charge in [0.2, 0.25) is 16.3 Å². The average Bonchev–Trinajstić information content (AvgIpc) is 2.72. The van der Waals surface area contributed by atoms with Gasteiger partial charge in [0.05, 0.1) is 15.6 Å². The molecule has 0 unspecified atom stereocenters. The van der Waals surface area contributed by atoms with Crippen molar-refractivity contribution < 1.29 is 17.7 Å². The summed E-state index contributed by atoms with van der Waals surface area (Å²) in [6.45, 7) is 5.41. The van der Waals surface area contributed by atoms with Gasteiger partial charge in [-0.2, -0.15) is 8.96 Å². The Kier molecular flexibility index (Phi) is 3.16. The van der Waals surface area contributed by atoms with Gasteiger partial charge in [-0.3, -0.25) is 0 Å². The fraction of sp³-hybridized carbons (Fsp3) is 0.333. The van der Waals surface area contributed by atoms with E-state index in [1.165, 1.54) is 0 Å². The molecular formula is C15H14F3N2S+. The highest BCUT2D eigenvalue weighted by molar-refractivity contribution is 7.17. The van der Waals surface area contributed by atoms with Gasteiger partial charge >= 0.3 is 0 Å². The minimum Gasteiger partial charge on any atom is -0.239 e. The van der Waals surface area contributed by atoms with Crippen LogP contribution in [-0.2, 0) is 13.5 Å². The molecule has 0 amide bonds. The van der Waals surface area contributed by atoms with Crippen molar-refractivity contribution in [1.82, 2.24) is 4.98 Å². The first-order valence-corrected chi connectivity index (χ1v) is 7.44. The second-order valence-corrected chi connectivity index (χ2v) is 6.06. The molecule has 3 rings (SSSR count). The van der Waals surface area contributed by atoms with E-state index in [1.54, 1.807) is 14.0 Å². The first-order chi connectivity index (χ1) is 9.88. The molecule has 110 valence electrons. The summed E-state index contributed by atoms with van der Waals surface area (Å²) >= 11 is 0.490. The minimum absolute atomic E-state index is 0.00820. The molecule has 0 bridgehead atoms. The molecule has 2 aromatic heterocycles. The van der Waals surface area contributed by atoms with Gasteiger partial charge in [0, 0.05) is 6.42 Å². The van der Waals surface area contributed by atoms with E-state index >= 15 is 0 Å². The number of aryl methyl sites for hydroxylation is 3. The minimum atomic E-state index is -1.02. The Hall–Kier alpha value is -1.69. The van der Waals surface area contributed by atoms with Gasteiger partial charge in [0.25, 0.3) is 0 Å². The molecule has 0 aliphatic carbocycles. The largest absolute Gasteiger partial charge is 0.239 e. The zero-order valence-corrected chi connectivity index (χ0v) is 13.0. The molecule has 0 fully saturated rings. The van der Waals surface area contributed by atoms with Gasteiger partial charge in [-0.05, 0) is 13.8 Å². The van der Waals surface area contributed by atoms with Crippen molar-refractivity contribution in [1.29, 1.82) is 0 Å². The van der Waals surface area contributed by atoms with Crippen molar-refractivity contribution in [3.63, 3.8) is 0 Å². The Morgan fingerprint density at radius 2 is 1.81 bits per heavy atom. The molecule has 0 saturated heterocycles. The van der Waals surface area contributed by atoms with Crippen molar-refractivity contribution in [3.8, 4) is 0 Å². The van der Waals surface area contributed by atoms with Gasteiger partial charge in [-0.25, -0.2) is 13.8 Å². The maximum absolute atomic E-state index is 14.5. The lowest BCUT2D eigenvalue weighted by Crippen LogP contribution is -2.37. The van der Waals surface area contributed by atoms with Crippen LogP contribution in [-0.4, -0.2) is 4.98 Å². The Morgan fingerprint density at radius 1 is 1.14 bits per heavy atom. The molecule has 2 heterocycles. The third kappa shape index (κ3) is 1.78. The summed E-state index contributed by atoms with van der Waals surface area (Å²) in [6, 6.07) is 0. The summed E-state index contributed by atoms with van der Waals surface area (Å²) in [4.78, 5) is 4.42. The van der Waals surface area contributed by atoms with Crippen LogP contribution in [0.3, 0.4) is 0 Å². The third-order valence-corrected chi connectivity index (χ3v) is 4.87. The van der Waals surface area contributed by atoms with E-state index in [9.17, 15) is 13.2 Å². The number of fused-ring (bicyclic) bond motifs is 3. The van der Waals surface area contributed by atoms with Crippen LogP contribution in [0.25, 0.3) is 21.1 Å². The van der Waals surface area contributed by atoms with Crippen molar-refractivity contribution in [2.75, 3.05) is 0 Å². The van der Waals surface area contributed by atoms with E-state index in [-0.39, 0.29) is 10.1 Å². The smallest absolute Gasteiger partial charge is 0.237 e. The van der Waals surface area contributed by atoms with Crippen molar-refractivity contribution in [3.05, 3.63) is 33.7 Å². The van der Waals surface area contributed by atoms with E-state index < -0.39 is 16.8 Å². The molecule has 0 aliphatic heterocycles. The highest BCUT2D eigenvalue weighted by Crippen LogP contribution is 2.37. The first-order valence-electron chi connectivity index (χ1n) is 6.63. The molecule has 21 heavy (non-hydrogen) atoms. The number of nitrogens with zero attached hydrogens (tertiary/aromatic N) is 2. The maximum atomic E-state index is 14.5. The van der Waals surface area contributed by atoms with Crippen molar-refractivity contribution >= 4 is 32.5 Å². The van der Waals surface area contributed by atoms with Crippen LogP contribution in [0.5, 0.6) is 0 Å². The molecule has 3 aromatic rings. The Bertz CT molecular complexity index is 900. The summed E-state index contributed by atoms with van der Waals surface area (Å²) < 4.78 is 43.9. The molecular weight excluding hydrogens is 297 g/mol. The molecule has 6 heteroatoms. The van der Waals surface area contributed by atoms with Gasteiger partial charge in [-0.15, -0.1) is 0 Å². The quantitative estimate of drug-likeness (QED) is 0.623. The van der Waals surface area contributed by atoms with E-state index in [2.05, 4.69) is 4.98 Å². The van der Waals surface area contributed by atoms with E-state index in [0.717, 1.165) is 17.8 Å². The number of hydrogen-bond donors (Lipinski definition) is 0. The molecule has 2 nitrogen and oxygen atoms in total. The molecule has 0 radical (unpaired) electrons. The number of rotatable bonds is 1. The summed E-state index contributed by atoms with van der Waals surface area (Å²) in [7, 11) is 1.80. The van der Waals surface area contributed by atoms with Crippen LogP contribution in [0.2, 0.25) is 0 Å². The summed E-state index contributed by atoms with van der Waals surface area (Å²) in [5, 5.41) is -1.06. The van der Waals surface area contributed by atoms with Gasteiger partial charge < -0.3 is 0 Å². The molecule has 0 N–H and O–H groups in total. The zero-order chi connectivity index (χ0) is 15.5. The average molecular weight is 311 g/mol. The molecule has 0 aliphatic rings. The number of thiophene rings is 1. The Balaban J connectivity index is 2.69. The van der Waals surface area contributed by atoms with Crippen LogP contribution >= 0.6 is 11.3 Å². The molecule has 0 spiro atoms. The monoisotopic (exact) mass is 311 g/mol. The molecule has 0 saturated carbocycles. The summed E-state index contributed by atoms with van der Waals surface area (Å²) in [5.74, 6) is -1.59. The Morgan fingerprint density at radius 3 is 2.43 bits per heavy atom. The van der Waals surface area contributed by atoms with Gasteiger partial charge in [-0.1, -0.05) is 18.3 Å². The fourth-order valence-electron chi connectivity index (χ4n) is 2.94. The van der Waals surface area contributed by atoms with E-state index in [0.29, 0.717) is 27.9 Å². The third-order valence-electron chi connectivity index (χ3n) is 3.93. The molecule has 1 aromatic carbocycles. The lowest BCUT2D eigenvalue weighted by molar-refractivity contribution is -0.653. The predicted molar refractivity (Wildman–Crippen MR) is 77.0 cm³/mol. The fourth-order valence-corrected chi connectivity index (χ4v) is 3.84. The number of hydrogen-bond acceptors (Lipinski definition) is 2. The lowest BCUT2D eigenvalue weighted by Gasteiger charge is -2.08. The standard InChI is InChI=1S/C15H14F3N2S/c1-5-8-7(3)19-12-9-11(17)15(18)21-14(9)10(16)6(2)13(12)20(8)4/h5H2,1-4H3/q+1. The van der Waals surface area contributed by atoms with Crippen LogP contribution < -0.4 is 4.57 Å². The topological polar surface area (TPSA) is 16.8 Å². The lowest BCUT2D eigenvalue weighted by atomic mass is 10.1. The summed E-state index contributed by atoms with van der Waals surface area (Å²) in [5.41, 5.74) is 2.88. The van der Waals surface area contributed by atoms with Gasteiger partial charge in [0.1, 0.15) is 18.3 Å². The first kappa shape index (κ1) is 14.3. The second kappa shape index (κ2) is 4.66. The molecule has 0 atom stereocenters. The second-order valence-electron chi connectivity index (χ2n) is 5.09. The van der Waals surface area contributed by atoms with E-state index in [4.69, 9.17) is 0 Å². The zero-order valence-electron chi connectivity index (χ0n) is 12.1. The van der Waals surface area contributed by atoms with Crippen LogP contribution in [0.15, 0.2) is 0 Å². The summed E-state index contributed by atoms with van der Waals surface area (Å²) in [6.07, 6.45) is 0.727. The van der Waals surface area contributed by atoms with Crippen molar-refractivity contribution in [2.24, 2.45) is 7.05 Å². The van der Waals surface area contributed by atoms with Crippen LogP contribution in [0.1, 0.15) is 23.9 Å². The SMILES string of the molecule is CCc1c(C)nc2c3c(F)c(F)sc3c(F)c(C)c2[n+]1C. The highest BCUT2D eigenvalue weighted by atomic mass is 32.1. The number of aromatic nitrogens is 2. The van der Waals surface area contributed by atoms with Crippen molar-refractivity contribution in [2.45, 2.75) is 27.2 Å². The normalized spacial score (nSPS) is 11.8.